The molecular formula is C41H48ClF3N6O. The van der Waals surface area contributed by atoms with Gasteiger partial charge < -0.3 is 24.8 Å². The first-order valence-electron chi connectivity index (χ1n) is 17.7. The summed E-state index contributed by atoms with van der Waals surface area (Å²) in [5.41, 5.74) is 5.44. The van der Waals surface area contributed by atoms with Crippen molar-refractivity contribution in [3.63, 3.8) is 0 Å². The predicted molar refractivity (Wildman–Crippen MR) is 205 cm³/mol. The van der Waals surface area contributed by atoms with Crippen molar-refractivity contribution >= 4 is 40.1 Å². The van der Waals surface area contributed by atoms with Crippen LogP contribution in [0.2, 0.25) is 5.02 Å². The summed E-state index contributed by atoms with van der Waals surface area (Å²) in [6.45, 7) is 17.3. The molecule has 5 aromatic rings. The van der Waals surface area contributed by atoms with E-state index in [-0.39, 0.29) is 23.5 Å². The van der Waals surface area contributed by atoms with Gasteiger partial charge in [0.25, 0.3) is 0 Å². The second-order valence-corrected chi connectivity index (χ2v) is 16.4. The van der Waals surface area contributed by atoms with Gasteiger partial charge >= 0.3 is 6.18 Å². The lowest BCUT2D eigenvalue weighted by atomic mass is 9.86. The number of piperazine rings is 1. The molecule has 3 aromatic carbocycles. The molecule has 0 aliphatic carbocycles. The minimum absolute atomic E-state index is 0.0262. The van der Waals surface area contributed by atoms with Crippen molar-refractivity contribution in [1.82, 2.24) is 15.0 Å². The van der Waals surface area contributed by atoms with Crippen LogP contribution in [0, 0.1) is 0 Å². The molecule has 2 N–H and O–H groups in total. The van der Waals surface area contributed by atoms with E-state index in [0.29, 0.717) is 71.8 Å². The molecule has 1 fully saturated rings. The van der Waals surface area contributed by atoms with Crippen LogP contribution in [0.5, 0.6) is 0 Å². The standard InChI is InChI=1S/C41H48ClF3N6O/c1-26-22-49(37-33(42)18-29(25-52)21-46-37)16-17-51(26)38-47-34-19-32(41(43,44)45)20-35(36(34)48-38)50(23-27-8-12-30(13-9-27)39(2,3)4)24-28-10-14-31(15-11-28)40(5,6)7/h8-15,18-21,26,52H,16-17,22-25H2,1-7H3,(H,47,48). The third-order valence-electron chi connectivity index (χ3n) is 9.87. The number of alkyl halides is 3. The Kier molecular flexibility index (Phi) is 10.3. The SMILES string of the molecule is CC1CN(c2ncc(CO)cc2Cl)CCN1c1nc2c(N(Cc3ccc(C(C)(C)C)cc3)Cc3ccc(C(C)(C)C)cc3)cc(C(F)(F)F)cc2[nH]1. The third kappa shape index (κ3) is 8.18. The maximum absolute atomic E-state index is 14.5. The summed E-state index contributed by atoms with van der Waals surface area (Å²) in [5.74, 6) is 1.15. The lowest BCUT2D eigenvalue weighted by Gasteiger charge is -2.40. The van der Waals surface area contributed by atoms with Gasteiger partial charge in [0.2, 0.25) is 5.95 Å². The summed E-state index contributed by atoms with van der Waals surface area (Å²) < 4.78 is 43.6. The fourth-order valence-electron chi connectivity index (χ4n) is 6.77. The fraction of sp³-hybridized carbons (Fsp3) is 0.415. The van der Waals surface area contributed by atoms with Crippen molar-refractivity contribution in [1.29, 1.82) is 0 Å². The highest BCUT2D eigenvalue weighted by Gasteiger charge is 2.34. The number of pyridine rings is 1. The molecule has 276 valence electrons. The topological polar surface area (TPSA) is 71.5 Å². The highest BCUT2D eigenvalue weighted by molar-refractivity contribution is 6.33. The summed E-state index contributed by atoms with van der Waals surface area (Å²) in [5, 5.41) is 9.93. The van der Waals surface area contributed by atoms with E-state index in [1.54, 1.807) is 12.3 Å². The number of hydrogen-bond donors (Lipinski definition) is 2. The smallest absolute Gasteiger partial charge is 0.392 e. The summed E-state index contributed by atoms with van der Waals surface area (Å²) in [4.78, 5) is 18.9. The number of halogens is 4. The number of hydrogen-bond acceptors (Lipinski definition) is 6. The van der Waals surface area contributed by atoms with Crippen molar-refractivity contribution in [3.05, 3.63) is 111 Å². The van der Waals surface area contributed by atoms with Crippen LogP contribution in [0.1, 0.15) is 81.8 Å². The Bertz CT molecular complexity index is 1950. The Morgan fingerprint density at radius 1 is 0.827 bits per heavy atom. The van der Waals surface area contributed by atoms with E-state index in [1.807, 2.05) is 11.8 Å². The monoisotopic (exact) mass is 732 g/mol. The van der Waals surface area contributed by atoms with Crippen molar-refractivity contribution in [2.45, 2.75) is 91.2 Å². The Labute approximate surface area is 309 Å². The Morgan fingerprint density at radius 3 is 1.88 bits per heavy atom. The zero-order valence-electron chi connectivity index (χ0n) is 30.9. The quantitative estimate of drug-likeness (QED) is 0.166. The lowest BCUT2D eigenvalue weighted by Crippen LogP contribution is -2.52. The first kappa shape index (κ1) is 37.5. The Hall–Kier alpha value is -4.28. The molecule has 1 aliphatic rings. The molecule has 1 aliphatic heterocycles. The maximum atomic E-state index is 14.5. The number of fused-ring (bicyclic) bond motifs is 1. The molecule has 0 amide bonds. The number of benzene rings is 3. The van der Waals surface area contributed by atoms with Crippen molar-refractivity contribution in [2.24, 2.45) is 0 Å². The van der Waals surface area contributed by atoms with Gasteiger partial charge in [-0.05, 0) is 63.8 Å². The van der Waals surface area contributed by atoms with Crippen LogP contribution in [-0.2, 0) is 36.7 Å². The van der Waals surface area contributed by atoms with Crippen LogP contribution in [0.3, 0.4) is 0 Å². The molecular weight excluding hydrogens is 685 g/mol. The lowest BCUT2D eigenvalue weighted by molar-refractivity contribution is -0.137. The number of rotatable bonds is 8. The number of imidazole rings is 1. The molecule has 0 bridgehead atoms. The molecule has 1 atom stereocenters. The van der Waals surface area contributed by atoms with E-state index in [1.165, 1.54) is 17.2 Å². The molecule has 3 heterocycles. The molecule has 6 rings (SSSR count). The Balaban J connectivity index is 1.38. The van der Waals surface area contributed by atoms with Gasteiger partial charge in [-0.2, -0.15) is 13.2 Å². The number of aliphatic hydroxyl groups is 1. The molecule has 52 heavy (non-hydrogen) atoms. The first-order chi connectivity index (χ1) is 24.4. The second-order valence-electron chi connectivity index (χ2n) is 16.0. The second kappa shape index (κ2) is 14.3. The Morgan fingerprint density at radius 2 is 1.40 bits per heavy atom. The molecule has 1 saturated heterocycles. The summed E-state index contributed by atoms with van der Waals surface area (Å²) in [6, 6.07) is 20.7. The zero-order chi connectivity index (χ0) is 37.6. The summed E-state index contributed by atoms with van der Waals surface area (Å²) >= 11 is 6.52. The van der Waals surface area contributed by atoms with Gasteiger partial charge in [-0.15, -0.1) is 0 Å². The molecule has 0 spiro atoms. The van der Waals surface area contributed by atoms with Gasteiger partial charge in [0.05, 0.1) is 28.4 Å². The molecule has 1 unspecified atom stereocenters. The zero-order valence-corrected chi connectivity index (χ0v) is 31.7. The average Bonchev–Trinajstić information content (AvgIpc) is 3.51. The number of aromatic nitrogens is 3. The molecule has 11 heteroatoms. The molecule has 0 radical (unpaired) electrons. The van der Waals surface area contributed by atoms with Crippen molar-refractivity contribution in [2.75, 3.05) is 34.3 Å². The maximum Gasteiger partial charge on any atom is 0.416 e. The van der Waals surface area contributed by atoms with E-state index in [2.05, 4.69) is 110 Å². The minimum atomic E-state index is -4.56. The number of nitrogens with zero attached hydrogens (tertiary/aromatic N) is 5. The van der Waals surface area contributed by atoms with E-state index in [0.717, 1.165) is 17.2 Å². The highest BCUT2D eigenvalue weighted by atomic mass is 35.5. The number of aliphatic hydroxyl groups excluding tert-OH is 1. The van der Waals surface area contributed by atoms with Gasteiger partial charge in [0.15, 0.2) is 0 Å². The summed E-state index contributed by atoms with van der Waals surface area (Å²) in [6.07, 6.45) is -2.94. The van der Waals surface area contributed by atoms with Gasteiger partial charge in [-0.3, -0.25) is 0 Å². The van der Waals surface area contributed by atoms with Crippen LogP contribution in [0.4, 0.5) is 30.6 Å². The van der Waals surface area contributed by atoms with E-state index in [4.69, 9.17) is 16.6 Å². The fourth-order valence-corrected chi connectivity index (χ4v) is 7.08. The largest absolute Gasteiger partial charge is 0.416 e. The van der Waals surface area contributed by atoms with Crippen LogP contribution in [-0.4, -0.2) is 45.7 Å². The molecule has 0 saturated carbocycles. The minimum Gasteiger partial charge on any atom is -0.392 e. The molecule has 7 nitrogen and oxygen atoms in total. The van der Waals surface area contributed by atoms with Crippen molar-refractivity contribution < 1.29 is 18.3 Å². The van der Waals surface area contributed by atoms with E-state index >= 15 is 0 Å². The predicted octanol–water partition coefficient (Wildman–Crippen LogP) is 9.64. The molecule has 2 aromatic heterocycles. The van der Waals surface area contributed by atoms with Gasteiger partial charge in [-0.1, -0.05) is 102 Å². The van der Waals surface area contributed by atoms with Gasteiger partial charge in [0, 0.05) is 45.0 Å². The van der Waals surface area contributed by atoms with E-state index in [9.17, 15) is 18.3 Å². The van der Waals surface area contributed by atoms with Crippen LogP contribution < -0.4 is 14.7 Å². The number of nitrogens with one attached hydrogen (secondary N) is 1. The third-order valence-corrected chi connectivity index (χ3v) is 10.1. The van der Waals surface area contributed by atoms with Gasteiger partial charge in [0.1, 0.15) is 11.3 Å². The van der Waals surface area contributed by atoms with E-state index < -0.39 is 11.7 Å². The highest BCUT2D eigenvalue weighted by Crippen LogP contribution is 2.39. The normalized spacial score (nSPS) is 15.8. The number of H-pyrrole nitrogens is 1. The van der Waals surface area contributed by atoms with Crippen LogP contribution in [0.25, 0.3) is 11.0 Å². The summed E-state index contributed by atoms with van der Waals surface area (Å²) in [7, 11) is 0. The van der Waals surface area contributed by atoms with Crippen molar-refractivity contribution in [3.8, 4) is 0 Å². The average molecular weight is 733 g/mol. The number of anilines is 3. The van der Waals surface area contributed by atoms with Gasteiger partial charge in [-0.25, -0.2) is 9.97 Å². The van der Waals surface area contributed by atoms with Crippen LogP contribution in [0.15, 0.2) is 72.9 Å². The number of aromatic amines is 1. The van der Waals surface area contributed by atoms with Crippen LogP contribution >= 0.6 is 11.6 Å². The first-order valence-corrected chi connectivity index (χ1v) is 18.1.